The summed E-state index contributed by atoms with van der Waals surface area (Å²) in [4.78, 5) is 10.6. The summed E-state index contributed by atoms with van der Waals surface area (Å²) in [5, 5.41) is 8.67. The molecule has 0 amide bonds. The Morgan fingerprint density at radius 2 is 1.63 bits per heavy atom. The summed E-state index contributed by atoms with van der Waals surface area (Å²) in [7, 11) is 1.65. The monoisotopic (exact) mass is 364 g/mol. The first-order valence-electron chi connectivity index (χ1n) is 8.43. The number of aliphatic carboxylic acids is 1. The average Bonchev–Trinajstić information content (AvgIpc) is 3.05. The van der Waals surface area contributed by atoms with Crippen LogP contribution < -0.4 is 9.47 Å². The Hall–Kier alpha value is -3.47. The molecule has 1 aromatic heterocycles. The Morgan fingerprint density at radius 3 is 2.19 bits per heavy atom. The normalized spacial score (nSPS) is 10.9. The average molecular weight is 364 g/mol. The van der Waals surface area contributed by atoms with E-state index in [9.17, 15) is 4.79 Å². The fourth-order valence-electron chi connectivity index (χ4n) is 2.61. The Kier molecular flexibility index (Phi) is 5.61. The maximum Gasteiger partial charge on any atom is 0.328 e. The van der Waals surface area contributed by atoms with E-state index in [1.54, 1.807) is 13.2 Å². The molecule has 0 bridgehead atoms. The molecule has 0 aliphatic heterocycles. The van der Waals surface area contributed by atoms with E-state index in [-0.39, 0.29) is 0 Å². The van der Waals surface area contributed by atoms with Gasteiger partial charge in [0, 0.05) is 11.6 Å². The molecule has 1 N–H and O–H groups in total. The van der Waals surface area contributed by atoms with Crippen molar-refractivity contribution in [3.63, 3.8) is 0 Å². The Balaban J connectivity index is 1.64. The third-order valence-electron chi connectivity index (χ3n) is 4.10. The fourth-order valence-corrected chi connectivity index (χ4v) is 2.61. The molecule has 1 heterocycles. The van der Waals surface area contributed by atoms with Gasteiger partial charge in [0.05, 0.1) is 7.11 Å². The van der Waals surface area contributed by atoms with Crippen LogP contribution in [0.3, 0.4) is 0 Å². The number of rotatable bonds is 7. The van der Waals surface area contributed by atoms with Gasteiger partial charge in [0.25, 0.3) is 0 Å². The van der Waals surface area contributed by atoms with Crippen LogP contribution in [0.5, 0.6) is 11.5 Å². The summed E-state index contributed by atoms with van der Waals surface area (Å²) in [6.45, 7) is 2.17. The van der Waals surface area contributed by atoms with E-state index in [0.717, 1.165) is 34.3 Å². The highest BCUT2D eigenvalue weighted by molar-refractivity contribution is 5.84. The van der Waals surface area contributed by atoms with Crippen molar-refractivity contribution in [2.45, 2.75) is 13.5 Å². The first-order chi connectivity index (χ1) is 13.0. The van der Waals surface area contributed by atoms with Gasteiger partial charge >= 0.3 is 5.97 Å². The lowest BCUT2D eigenvalue weighted by Gasteiger charge is -2.07. The van der Waals surface area contributed by atoms with Crippen LogP contribution >= 0.6 is 0 Å². The van der Waals surface area contributed by atoms with Crippen molar-refractivity contribution in [2.24, 2.45) is 0 Å². The van der Waals surface area contributed by atoms with Gasteiger partial charge in [-0.2, -0.15) is 0 Å². The van der Waals surface area contributed by atoms with Crippen molar-refractivity contribution < 1.29 is 23.8 Å². The molecule has 0 spiro atoms. The fraction of sp³-hybridized carbons (Fsp3) is 0.136. The molecule has 3 aromatic rings. The van der Waals surface area contributed by atoms with Gasteiger partial charge in [-0.15, -0.1) is 0 Å². The molecule has 0 saturated carbocycles. The number of ether oxygens (including phenoxy) is 2. The predicted molar refractivity (Wildman–Crippen MR) is 103 cm³/mol. The molecule has 5 heteroatoms. The third-order valence-corrected chi connectivity index (χ3v) is 4.10. The zero-order chi connectivity index (χ0) is 19.2. The standard InChI is InChI=1S/C22H20O5/c1-15-18(13-21(27-15)11-12-22(23)24)14-26-20-9-5-17(6-10-20)16-3-7-19(25-2)8-4-16/h3-13H,14H2,1-2H3,(H,23,24). The number of carboxylic acid groups (broad SMARTS) is 1. The molecule has 0 atom stereocenters. The minimum Gasteiger partial charge on any atom is -0.497 e. The molecule has 0 fully saturated rings. The summed E-state index contributed by atoms with van der Waals surface area (Å²) in [5.74, 6) is 1.75. The van der Waals surface area contributed by atoms with Crippen molar-refractivity contribution in [1.82, 2.24) is 0 Å². The van der Waals surface area contributed by atoms with Crippen LogP contribution in [0, 0.1) is 6.92 Å². The van der Waals surface area contributed by atoms with Crippen LogP contribution in [0.2, 0.25) is 0 Å². The number of carboxylic acids is 1. The van der Waals surface area contributed by atoms with Crippen molar-refractivity contribution in [2.75, 3.05) is 7.11 Å². The molecule has 0 unspecified atom stereocenters. The number of aryl methyl sites for hydroxylation is 1. The number of benzene rings is 2. The summed E-state index contributed by atoms with van der Waals surface area (Å²) in [6.07, 6.45) is 2.46. The van der Waals surface area contributed by atoms with E-state index in [1.807, 2.05) is 55.5 Å². The summed E-state index contributed by atoms with van der Waals surface area (Å²) in [5.41, 5.74) is 3.06. The van der Waals surface area contributed by atoms with Crippen LogP contribution in [-0.2, 0) is 11.4 Å². The van der Waals surface area contributed by atoms with E-state index in [0.29, 0.717) is 18.1 Å². The zero-order valence-corrected chi connectivity index (χ0v) is 15.1. The van der Waals surface area contributed by atoms with E-state index >= 15 is 0 Å². The third kappa shape index (κ3) is 4.79. The molecule has 27 heavy (non-hydrogen) atoms. The van der Waals surface area contributed by atoms with Crippen molar-refractivity contribution >= 4 is 12.0 Å². The lowest BCUT2D eigenvalue weighted by Crippen LogP contribution is -1.95. The molecule has 5 nitrogen and oxygen atoms in total. The van der Waals surface area contributed by atoms with Crippen molar-refractivity contribution in [3.8, 4) is 22.6 Å². The van der Waals surface area contributed by atoms with Gasteiger partial charge in [0.2, 0.25) is 0 Å². The maximum absolute atomic E-state index is 10.6. The van der Waals surface area contributed by atoms with Crippen LogP contribution in [0.1, 0.15) is 17.1 Å². The van der Waals surface area contributed by atoms with E-state index in [4.69, 9.17) is 19.0 Å². The highest BCUT2D eigenvalue weighted by atomic mass is 16.5. The minimum atomic E-state index is -1.01. The number of hydrogen-bond donors (Lipinski definition) is 1. The highest BCUT2D eigenvalue weighted by Gasteiger charge is 2.07. The Labute approximate surface area is 157 Å². The van der Waals surface area contributed by atoms with Gasteiger partial charge in [-0.3, -0.25) is 0 Å². The summed E-state index contributed by atoms with van der Waals surface area (Å²) in [6, 6.07) is 17.5. The topological polar surface area (TPSA) is 68.9 Å². The minimum absolute atomic E-state index is 0.345. The molecular formula is C22H20O5. The quantitative estimate of drug-likeness (QED) is 0.601. The predicted octanol–water partition coefficient (Wildman–Crippen LogP) is 4.94. The molecule has 0 aliphatic rings. The van der Waals surface area contributed by atoms with Crippen LogP contribution in [0.25, 0.3) is 17.2 Å². The second-order valence-corrected chi connectivity index (χ2v) is 5.94. The first-order valence-corrected chi connectivity index (χ1v) is 8.43. The second-order valence-electron chi connectivity index (χ2n) is 5.94. The van der Waals surface area contributed by atoms with Gasteiger partial charge in [-0.25, -0.2) is 4.79 Å². The van der Waals surface area contributed by atoms with Crippen molar-refractivity contribution in [3.05, 3.63) is 77.8 Å². The number of carbonyl (C=O) groups is 1. The van der Waals surface area contributed by atoms with Gasteiger partial charge in [0.15, 0.2) is 0 Å². The molecule has 0 saturated heterocycles. The SMILES string of the molecule is COc1ccc(-c2ccc(OCc3cc(C=CC(=O)O)oc3C)cc2)cc1. The lowest BCUT2D eigenvalue weighted by molar-refractivity contribution is -0.131. The number of hydrogen-bond acceptors (Lipinski definition) is 4. The Morgan fingerprint density at radius 1 is 1.04 bits per heavy atom. The number of methoxy groups -OCH3 is 1. The number of furan rings is 1. The Bertz CT molecular complexity index is 934. The van der Waals surface area contributed by atoms with Crippen LogP contribution in [-0.4, -0.2) is 18.2 Å². The first kappa shape index (κ1) is 18.3. The highest BCUT2D eigenvalue weighted by Crippen LogP contribution is 2.25. The summed E-state index contributed by atoms with van der Waals surface area (Å²) >= 11 is 0. The smallest absolute Gasteiger partial charge is 0.328 e. The largest absolute Gasteiger partial charge is 0.497 e. The molecule has 3 rings (SSSR count). The van der Waals surface area contributed by atoms with Crippen molar-refractivity contribution in [1.29, 1.82) is 0 Å². The molecule has 138 valence electrons. The second kappa shape index (κ2) is 8.27. The molecule has 0 radical (unpaired) electrons. The molecular weight excluding hydrogens is 344 g/mol. The van der Waals surface area contributed by atoms with Gasteiger partial charge < -0.3 is 19.0 Å². The summed E-state index contributed by atoms with van der Waals surface area (Å²) < 4.78 is 16.5. The van der Waals surface area contributed by atoms with Gasteiger partial charge in [-0.05, 0) is 54.5 Å². The molecule has 0 aliphatic carbocycles. The van der Waals surface area contributed by atoms with E-state index < -0.39 is 5.97 Å². The van der Waals surface area contributed by atoms with Crippen LogP contribution in [0.15, 0.2) is 65.1 Å². The maximum atomic E-state index is 10.6. The lowest BCUT2D eigenvalue weighted by atomic mass is 10.1. The van der Waals surface area contributed by atoms with E-state index in [2.05, 4.69) is 0 Å². The van der Waals surface area contributed by atoms with Gasteiger partial charge in [0.1, 0.15) is 29.6 Å². The molecule has 2 aromatic carbocycles. The van der Waals surface area contributed by atoms with Gasteiger partial charge in [-0.1, -0.05) is 24.3 Å². The van der Waals surface area contributed by atoms with Crippen LogP contribution in [0.4, 0.5) is 0 Å². The van der Waals surface area contributed by atoms with E-state index in [1.165, 1.54) is 6.08 Å². The zero-order valence-electron chi connectivity index (χ0n) is 15.1.